The molecule has 30 heavy (non-hydrogen) atoms. The van der Waals surface area contributed by atoms with Gasteiger partial charge in [0.15, 0.2) is 6.10 Å². The topological polar surface area (TPSA) is 49.9 Å². The summed E-state index contributed by atoms with van der Waals surface area (Å²) in [5.74, 6) is 0.879. The molecule has 1 unspecified atom stereocenters. The molecule has 0 saturated carbocycles. The molecule has 0 radical (unpaired) electrons. The van der Waals surface area contributed by atoms with Gasteiger partial charge in [0, 0.05) is 31.2 Å². The largest absolute Gasteiger partial charge is 0.481 e. The van der Waals surface area contributed by atoms with Crippen LogP contribution in [0.2, 0.25) is 10.0 Å². The summed E-state index contributed by atoms with van der Waals surface area (Å²) in [6.45, 7) is 7.81. The average molecular weight is 449 g/mol. The van der Waals surface area contributed by atoms with Crippen LogP contribution in [0.3, 0.4) is 0 Å². The fourth-order valence-corrected chi connectivity index (χ4v) is 3.90. The minimum atomic E-state index is -0.595. The van der Waals surface area contributed by atoms with Crippen molar-refractivity contribution < 1.29 is 14.3 Å². The average Bonchev–Trinajstić information content (AvgIpc) is 2.73. The van der Waals surface area contributed by atoms with E-state index in [4.69, 9.17) is 27.9 Å². The molecule has 2 aromatic carbocycles. The maximum atomic E-state index is 12.8. The zero-order valence-electron chi connectivity index (χ0n) is 17.4. The monoisotopic (exact) mass is 448 g/mol. The predicted molar refractivity (Wildman–Crippen MR) is 120 cm³/mol. The van der Waals surface area contributed by atoms with E-state index in [2.05, 4.69) is 13.8 Å². The van der Waals surface area contributed by atoms with Crippen LogP contribution in [-0.2, 0) is 4.79 Å². The highest BCUT2D eigenvalue weighted by atomic mass is 35.5. The minimum Gasteiger partial charge on any atom is -0.481 e. The van der Waals surface area contributed by atoms with Crippen LogP contribution in [0.1, 0.15) is 42.6 Å². The Balaban J connectivity index is 1.54. The normalized spacial score (nSPS) is 15.3. The Morgan fingerprint density at radius 2 is 1.50 bits per heavy atom. The second kappa shape index (κ2) is 9.71. The zero-order valence-corrected chi connectivity index (χ0v) is 18.9. The van der Waals surface area contributed by atoms with Crippen molar-refractivity contribution in [2.24, 2.45) is 0 Å². The molecule has 1 fully saturated rings. The van der Waals surface area contributed by atoms with Gasteiger partial charge in [-0.3, -0.25) is 9.59 Å². The Kier molecular flexibility index (Phi) is 7.27. The number of hydrogen-bond donors (Lipinski definition) is 0. The molecule has 3 rings (SSSR count). The van der Waals surface area contributed by atoms with Gasteiger partial charge in [0.2, 0.25) is 0 Å². The van der Waals surface area contributed by atoms with Crippen molar-refractivity contribution in [3.05, 3.63) is 63.6 Å². The highest BCUT2D eigenvalue weighted by molar-refractivity contribution is 6.36. The van der Waals surface area contributed by atoms with Gasteiger partial charge in [-0.1, -0.05) is 49.2 Å². The molecule has 5 nitrogen and oxygen atoms in total. The van der Waals surface area contributed by atoms with Crippen molar-refractivity contribution in [2.75, 3.05) is 26.2 Å². The third-order valence-corrected chi connectivity index (χ3v) is 5.80. The lowest BCUT2D eigenvalue weighted by molar-refractivity contribution is -0.139. The van der Waals surface area contributed by atoms with Crippen molar-refractivity contribution in [1.29, 1.82) is 0 Å². The lowest BCUT2D eigenvalue weighted by Gasteiger charge is -2.36. The summed E-state index contributed by atoms with van der Waals surface area (Å²) in [5.41, 5.74) is 1.64. The summed E-state index contributed by atoms with van der Waals surface area (Å²) in [6.07, 6.45) is -0.595. The Labute approximate surface area is 187 Å². The van der Waals surface area contributed by atoms with Crippen LogP contribution in [0.25, 0.3) is 0 Å². The smallest absolute Gasteiger partial charge is 0.263 e. The first-order chi connectivity index (χ1) is 14.3. The Morgan fingerprint density at radius 3 is 2.07 bits per heavy atom. The number of nitrogens with zero attached hydrogens (tertiary/aromatic N) is 2. The molecular weight excluding hydrogens is 423 g/mol. The lowest BCUT2D eigenvalue weighted by atomic mass is 10.0. The van der Waals surface area contributed by atoms with Crippen LogP contribution in [0, 0.1) is 0 Å². The van der Waals surface area contributed by atoms with Gasteiger partial charge in [0.25, 0.3) is 11.8 Å². The number of hydrogen-bond acceptors (Lipinski definition) is 3. The predicted octanol–water partition coefficient (Wildman–Crippen LogP) is 4.87. The summed E-state index contributed by atoms with van der Waals surface area (Å²) in [5, 5.41) is 0.816. The molecule has 7 heteroatoms. The summed E-state index contributed by atoms with van der Waals surface area (Å²) in [6, 6.07) is 12.7. The molecule has 1 saturated heterocycles. The highest BCUT2D eigenvalue weighted by Gasteiger charge is 2.29. The summed E-state index contributed by atoms with van der Waals surface area (Å²) < 4.78 is 5.83. The molecule has 0 bridgehead atoms. The molecule has 1 aliphatic rings. The van der Waals surface area contributed by atoms with Gasteiger partial charge >= 0.3 is 0 Å². The van der Waals surface area contributed by atoms with E-state index in [-0.39, 0.29) is 11.8 Å². The van der Waals surface area contributed by atoms with Crippen molar-refractivity contribution in [3.8, 4) is 5.75 Å². The zero-order chi connectivity index (χ0) is 21.8. The van der Waals surface area contributed by atoms with E-state index in [0.717, 1.165) is 0 Å². The molecule has 1 atom stereocenters. The second-order valence-corrected chi connectivity index (χ2v) is 8.57. The fourth-order valence-electron chi connectivity index (χ4n) is 3.41. The number of rotatable bonds is 5. The maximum Gasteiger partial charge on any atom is 0.263 e. The molecule has 0 spiro atoms. The number of piperazine rings is 1. The van der Waals surface area contributed by atoms with Gasteiger partial charge in [-0.05, 0) is 48.7 Å². The second-order valence-electron chi connectivity index (χ2n) is 7.73. The van der Waals surface area contributed by atoms with Gasteiger partial charge < -0.3 is 14.5 Å². The van der Waals surface area contributed by atoms with Gasteiger partial charge in [-0.2, -0.15) is 0 Å². The van der Waals surface area contributed by atoms with Crippen LogP contribution in [0.15, 0.2) is 42.5 Å². The first-order valence-electron chi connectivity index (χ1n) is 10.1. The number of benzene rings is 2. The molecule has 0 N–H and O–H groups in total. The summed E-state index contributed by atoms with van der Waals surface area (Å²) in [7, 11) is 0. The summed E-state index contributed by atoms with van der Waals surface area (Å²) in [4.78, 5) is 28.9. The van der Waals surface area contributed by atoms with E-state index in [0.29, 0.717) is 53.5 Å². The van der Waals surface area contributed by atoms with Crippen molar-refractivity contribution in [2.45, 2.75) is 32.8 Å². The Morgan fingerprint density at radius 1 is 0.900 bits per heavy atom. The van der Waals surface area contributed by atoms with Crippen LogP contribution in [-0.4, -0.2) is 53.9 Å². The summed E-state index contributed by atoms with van der Waals surface area (Å²) >= 11 is 12.1. The SMILES string of the molecule is CC(Oc1ccc(C(C)C)cc1)C(=O)N1CCN(C(=O)c2ccc(Cl)cc2Cl)CC1. The molecular formula is C23H26Cl2N2O3. The first-order valence-corrected chi connectivity index (χ1v) is 10.8. The molecule has 0 aliphatic carbocycles. The number of ether oxygens (including phenoxy) is 1. The van der Waals surface area contributed by atoms with Gasteiger partial charge in [0.05, 0.1) is 10.6 Å². The molecule has 0 aromatic heterocycles. The number of amides is 2. The van der Waals surface area contributed by atoms with E-state index in [1.54, 1.807) is 34.9 Å². The van der Waals surface area contributed by atoms with Crippen molar-refractivity contribution in [1.82, 2.24) is 9.80 Å². The lowest BCUT2D eigenvalue weighted by Crippen LogP contribution is -2.53. The standard InChI is InChI=1S/C23H26Cl2N2O3/c1-15(2)17-4-7-19(8-5-17)30-16(3)22(28)26-10-12-27(13-11-26)23(29)20-9-6-18(24)14-21(20)25/h4-9,14-16H,10-13H2,1-3H3. The van der Waals surface area contributed by atoms with Crippen molar-refractivity contribution in [3.63, 3.8) is 0 Å². The Bertz CT molecular complexity index is 907. The van der Waals surface area contributed by atoms with Crippen LogP contribution in [0.4, 0.5) is 0 Å². The Hall–Kier alpha value is -2.24. The molecule has 2 amide bonds. The molecule has 1 aliphatic heterocycles. The third-order valence-electron chi connectivity index (χ3n) is 5.25. The highest BCUT2D eigenvalue weighted by Crippen LogP contribution is 2.23. The first kappa shape index (κ1) is 22.4. The van der Waals surface area contributed by atoms with E-state index in [1.165, 1.54) is 5.56 Å². The quantitative estimate of drug-likeness (QED) is 0.655. The molecule has 1 heterocycles. The van der Waals surface area contributed by atoms with Crippen LogP contribution < -0.4 is 4.74 Å². The number of halogens is 2. The van der Waals surface area contributed by atoms with Gasteiger partial charge in [0.1, 0.15) is 5.75 Å². The third kappa shape index (κ3) is 5.27. The van der Waals surface area contributed by atoms with E-state index >= 15 is 0 Å². The van der Waals surface area contributed by atoms with E-state index in [9.17, 15) is 9.59 Å². The maximum absolute atomic E-state index is 12.8. The van der Waals surface area contributed by atoms with Gasteiger partial charge in [-0.15, -0.1) is 0 Å². The number of carbonyl (C=O) groups excluding carboxylic acids is 2. The van der Waals surface area contributed by atoms with E-state index < -0.39 is 6.10 Å². The minimum absolute atomic E-state index is 0.0837. The fraction of sp³-hybridized carbons (Fsp3) is 0.391. The number of carbonyl (C=O) groups is 2. The van der Waals surface area contributed by atoms with Gasteiger partial charge in [-0.25, -0.2) is 0 Å². The van der Waals surface area contributed by atoms with Crippen LogP contribution >= 0.6 is 23.2 Å². The van der Waals surface area contributed by atoms with E-state index in [1.807, 2.05) is 24.3 Å². The molecule has 160 valence electrons. The van der Waals surface area contributed by atoms with Crippen LogP contribution in [0.5, 0.6) is 5.75 Å². The van der Waals surface area contributed by atoms with Crippen molar-refractivity contribution >= 4 is 35.0 Å². The molecule has 2 aromatic rings.